The molecule has 1 fully saturated rings. The molecule has 0 radical (unpaired) electrons. The van der Waals surface area contributed by atoms with E-state index < -0.39 is 0 Å². The van der Waals surface area contributed by atoms with Crippen molar-refractivity contribution in [3.63, 3.8) is 0 Å². The Morgan fingerprint density at radius 3 is 2.36 bits per heavy atom. The van der Waals surface area contributed by atoms with Gasteiger partial charge in [-0.15, -0.1) is 0 Å². The fourth-order valence-corrected chi connectivity index (χ4v) is 3.62. The maximum absolute atomic E-state index is 4.50. The average molecular weight is 331 g/mol. The predicted octanol–water partition coefficient (Wildman–Crippen LogP) is 4.04. The highest BCUT2D eigenvalue weighted by atomic mass is 15.3. The Bertz CT molecular complexity index is 851. The number of likely N-dealkylation sites (N-methyl/N-ethyl adjacent to an activating group) is 1. The van der Waals surface area contributed by atoms with Crippen LogP contribution in [0.3, 0.4) is 0 Å². The van der Waals surface area contributed by atoms with Crippen molar-refractivity contribution in [2.75, 3.05) is 32.7 Å². The number of rotatable bonds is 4. The molecule has 4 rings (SSSR count). The molecule has 0 N–H and O–H groups in total. The molecule has 1 saturated heterocycles. The highest BCUT2D eigenvalue weighted by Gasteiger charge is 2.15. The largest absolute Gasteiger partial charge is 0.301 e. The van der Waals surface area contributed by atoms with Crippen molar-refractivity contribution >= 4 is 10.8 Å². The van der Waals surface area contributed by atoms with Crippen molar-refractivity contribution in [1.82, 2.24) is 14.8 Å². The van der Waals surface area contributed by atoms with Gasteiger partial charge in [0.15, 0.2) is 0 Å². The number of nitrogens with zero attached hydrogens (tertiary/aromatic N) is 3. The monoisotopic (exact) mass is 331 g/mol. The van der Waals surface area contributed by atoms with Crippen molar-refractivity contribution < 1.29 is 0 Å². The Labute approximate surface area is 149 Å². The van der Waals surface area contributed by atoms with E-state index in [9.17, 15) is 0 Å². The fourth-order valence-electron chi connectivity index (χ4n) is 3.62. The number of pyridine rings is 1. The van der Waals surface area contributed by atoms with Gasteiger partial charge in [0.25, 0.3) is 0 Å². The molecule has 3 heteroatoms. The van der Waals surface area contributed by atoms with Gasteiger partial charge in [-0.1, -0.05) is 43.3 Å². The first-order valence-electron chi connectivity index (χ1n) is 9.19. The highest BCUT2D eigenvalue weighted by Crippen LogP contribution is 2.25. The van der Waals surface area contributed by atoms with Crippen LogP contribution in [0.1, 0.15) is 12.5 Å². The third-order valence-corrected chi connectivity index (χ3v) is 5.20. The van der Waals surface area contributed by atoms with Gasteiger partial charge in [-0.3, -0.25) is 9.88 Å². The molecular weight excluding hydrogens is 306 g/mol. The molecule has 128 valence electrons. The summed E-state index contributed by atoms with van der Waals surface area (Å²) in [6.07, 6.45) is 3.99. The number of hydrogen-bond acceptors (Lipinski definition) is 3. The second kappa shape index (κ2) is 7.34. The number of benzene rings is 2. The summed E-state index contributed by atoms with van der Waals surface area (Å²) in [4.78, 5) is 9.55. The van der Waals surface area contributed by atoms with Crippen LogP contribution in [0, 0.1) is 0 Å². The molecule has 2 aromatic carbocycles. The van der Waals surface area contributed by atoms with Gasteiger partial charge in [-0.25, -0.2) is 0 Å². The standard InChI is InChI=1S/C22H25N3/c1-2-24-9-11-25(12-10-24)17-18-13-22(16-23-15-18)21-8-7-19-5-3-4-6-20(19)14-21/h3-8,13-16H,2,9-12,17H2,1H3. The van der Waals surface area contributed by atoms with Crippen LogP contribution < -0.4 is 0 Å². The maximum atomic E-state index is 4.50. The molecule has 25 heavy (non-hydrogen) atoms. The molecule has 2 heterocycles. The number of piperazine rings is 1. The first-order chi connectivity index (χ1) is 12.3. The zero-order chi connectivity index (χ0) is 17.1. The zero-order valence-corrected chi connectivity index (χ0v) is 14.9. The van der Waals surface area contributed by atoms with E-state index in [-0.39, 0.29) is 0 Å². The van der Waals surface area contributed by atoms with Crippen LogP contribution in [0.25, 0.3) is 21.9 Å². The molecule has 0 amide bonds. The van der Waals surface area contributed by atoms with Gasteiger partial charge in [-0.05, 0) is 40.6 Å². The van der Waals surface area contributed by atoms with E-state index in [0.717, 1.165) is 26.2 Å². The Kier molecular flexibility index (Phi) is 4.77. The Hall–Kier alpha value is -2.23. The van der Waals surface area contributed by atoms with Crippen LogP contribution in [0.15, 0.2) is 60.9 Å². The lowest BCUT2D eigenvalue weighted by molar-refractivity contribution is 0.132. The van der Waals surface area contributed by atoms with E-state index in [1.54, 1.807) is 0 Å². The average Bonchev–Trinajstić information content (AvgIpc) is 2.68. The summed E-state index contributed by atoms with van der Waals surface area (Å²) in [5, 5.41) is 2.56. The molecule has 3 aromatic rings. The topological polar surface area (TPSA) is 19.4 Å². The van der Waals surface area contributed by atoms with Crippen LogP contribution >= 0.6 is 0 Å². The van der Waals surface area contributed by atoms with E-state index in [2.05, 4.69) is 70.2 Å². The highest BCUT2D eigenvalue weighted by molar-refractivity contribution is 5.87. The second-order valence-electron chi connectivity index (χ2n) is 6.85. The van der Waals surface area contributed by atoms with Crippen LogP contribution in [-0.4, -0.2) is 47.5 Å². The van der Waals surface area contributed by atoms with E-state index in [0.29, 0.717) is 0 Å². The predicted molar refractivity (Wildman–Crippen MR) is 105 cm³/mol. The molecule has 1 aliphatic heterocycles. The molecule has 0 spiro atoms. The lowest BCUT2D eigenvalue weighted by Crippen LogP contribution is -2.45. The van der Waals surface area contributed by atoms with Crippen molar-refractivity contribution in [3.8, 4) is 11.1 Å². The van der Waals surface area contributed by atoms with Gasteiger partial charge in [0.2, 0.25) is 0 Å². The minimum atomic E-state index is 0.992. The lowest BCUT2D eigenvalue weighted by Gasteiger charge is -2.34. The van der Waals surface area contributed by atoms with E-state index in [4.69, 9.17) is 0 Å². The summed E-state index contributed by atoms with van der Waals surface area (Å²) in [6, 6.07) is 17.5. The van der Waals surface area contributed by atoms with Crippen molar-refractivity contribution in [2.45, 2.75) is 13.5 Å². The van der Waals surface area contributed by atoms with E-state index in [1.165, 1.54) is 40.6 Å². The molecular formula is C22H25N3. The second-order valence-corrected chi connectivity index (χ2v) is 6.85. The van der Waals surface area contributed by atoms with Gasteiger partial charge in [0, 0.05) is 50.7 Å². The number of fused-ring (bicyclic) bond motifs is 1. The fraction of sp³-hybridized carbons (Fsp3) is 0.318. The van der Waals surface area contributed by atoms with Gasteiger partial charge in [0.1, 0.15) is 0 Å². The van der Waals surface area contributed by atoms with E-state index >= 15 is 0 Å². The van der Waals surface area contributed by atoms with Crippen molar-refractivity contribution in [2.24, 2.45) is 0 Å². The maximum Gasteiger partial charge on any atom is 0.0346 e. The summed E-state index contributed by atoms with van der Waals surface area (Å²) < 4.78 is 0. The van der Waals surface area contributed by atoms with Crippen molar-refractivity contribution in [3.05, 3.63) is 66.5 Å². The Morgan fingerprint density at radius 2 is 1.56 bits per heavy atom. The quantitative estimate of drug-likeness (QED) is 0.719. The molecule has 0 bridgehead atoms. The third kappa shape index (κ3) is 3.73. The summed E-state index contributed by atoms with van der Waals surface area (Å²) in [7, 11) is 0. The van der Waals surface area contributed by atoms with Crippen LogP contribution in [0.4, 0.5) is 0 Å². The summed E-state index contributed by atoms with van der Waals surface area (Å²) >= 11 is 0. The molecule has 3 nitrogen and oxygen atoms in total. The summed E-state index contributed by atoms with van der Waals surface area (Å²) in [5.74, 6) is 0. The van der Waals surface area contributed by atoms with Gasteiger partial charge >= 0.3 is 0 Å². The van der Waals surface area contributed by atoms with Gasteiger partial charge < -0.3 is 4.90 Å². The summed E-state index contributed by atoms with van der Waals surface area (Å²) in [5.41, 5.74) is 3.75. The molecule has 1 aliphatic rings. The number of hydrogen-bond donors (Lipinski definition) is 0. The minimum absolute atomic E-state index is 0.992. The van der Waals surface area contributed by atoms with Crippen LogP contribution in [-0.2, 0) is 6.54 Å². The summed E-state index contributed by atoms with van der Waals surface area (Å²) in [6.45, 7) is 9.04. The first kappa shape index (κ1) is 16.2. The molecule has 0 unspecified atom stereocenters. The molecule has 1 aromatic heterocycles. The SMILES string of the molecule is CCN1CCN(Cc2cncc(-c3ccc4ccccc4c3)c2)CC1. The Balaban J connectivity index is 1.52. The number of aromatic nitrogens is 1. The molecule has 0 saturated carbocycles. The third-order valence-electron chi connectivity index (χ3n) is 5.20. The van der Waals surface area contributed by atoms with E-state index in [1.807, 2.05) is 12.4 Å². The smallest absolute Gasteiger partial charge is 0.0346 e. The molecule has 0 aliphatic carbocycles. The minimum Gasteiger partial charge on any atom is -0.301 e. The zero-order valence-electron chi connectivity index (χ0n) is 14.9. The lowest BCUT2D eigenvalue weighted by atomic mass is 10.0. The normalized spacial score (nSPS) is 16.4. The van der Waals surface area contributed by atoms with Gasteiger partial charge in [0.05, 0.1) is 0 Å². The van der Waals surface area contributed by atoms with Crippen molar-refractivity contribution in [1.29, 1.82) is 0 Å². The molecule has 0 atom stereocenters. The van der Waals surface area contributed by atoms with Gasteiger partial charge in [-0.2, -0.15) is 0 Å². The van der Waals surface area contributed by atoms with Crippen LogP contribution in [0.2, 0.25) is 0 Å². The first-order valence-corrected chi connectivity index (χ1v) is 9.19. The van der Waals surface area contributed by atoms with Crippen LogP contribution in [0.5, 0.6) is 0 Å². The Morgan fingerprint density at radius 1 is 0.800 bits per heavy atom.